The van der Waals surface area contributed by atoms with Crippen LogP contribution >= 0.6 is 0 Å². The molecule has 2 heteroatoms. The molecule has 2 nitrogen and oxygen atoms in total. The molecule has 0 aliphatic rings. The molecule has 0 aromatic carbocycles. The number of hydrogen-bond donors (Lipinski definition) is 1. The molecule has 0 atom stereocenters. The molecule has 0 fully saturated rings. The van der Waals surface area contributed by atoms with Gasteiger partial charge in [0, 0.05) is 6.21 Å². The normalized spacial score (nSPS) is 11.5. The highest BCUT2D eigenvalue weighted by Crippen LogP contribution is 1.58. The van der Waals surface area contributed by atoms with E-state index >= 15 is 0 Å². The number of hydrogen-bond acceptors (Lipinski definition) is 2. The molecule has 34 valence electrons. The summed E-state index contributed by atoms with van der Waals surface area (Å²) in [6.07, 6.45) is 5.15. The molecule has 0 rings (SSSR count). The predicted octanol–water partition coefficient (Wildman–Crippen LogP) is 0.507. The summed E-state index contributed by atoms with van der Waals surface area (Å²) in [6, 6.07) is 0. The Kier molecular flexibility index (Phi) is 3.66. The minimum Gasteiger partial charge on any atom is -0.323 e. The van der Waals surface area contributed by atoms with E-state index < -0.39 is 0 Å². The Balaban J connectivity index is 3.07. The van der Waals surface area contributed by atoms with Crippen molar-refractivity contribution in [2.75, 3.05) is 0 Å². The van der Waals surface area contributed by atoms with Crippen molar-refractivity contribution in [2.24, 2.45) is 10.9 Å². The number of nitrogens with two attached hydrogens (primary N) is 1. The molecule has 6 heavy (non-hydrogen) atoms. The third kappa shape index (κ3) is 3.21. The average Bonchev–Trinajstić information content (AvgIpc) is 1.61. The van der Waals surface area contributed by atoms with Gasteiger partial charge in [-0.05, 0) is 13.0 Å². The van der Waals surface area contributed by atoms with Crippen LogP contribution in [0, 0.1) is 0 Å². The van der Waals surface area contributed by atoms with Crippen LogP contribution in [0.1, 0.15) is 6.92 Å². The Morgan fingerprint density at radius 1 is 1.67 bits per heavy atom. The van der Waals surface area contributed by atoms with Gasteiger partial charge >= 0.3 is 0 Å². The van der Waals surface area contributed by atoms with Crippen LogP contribution in [0.4, 0.5) is 0 Å². The van der Waals surface area contributed by atoms with Crippen LogP contribution < -0.4 is 5.84 Å². The maximum Gasteiger partial charge on any atom is 0.0462 e. The first-order chi connectivity index (χ1) is 2.91. The van der Waals surface area contributed by atoms with E-state index in [1.54, 1.807) is 6.08 Å². The Morgan fingerprint density at radius 3 is 2.50 bits per heavy atom. The van der Waals surface area contributed by atoms with E-state index in [0.717, 1.165) is 0 Å². The molecule has 0 amide bonds. The number of rotatable bonds is 1. The highest BCUT2D eigenvalue weighted by atomic mass is 15.1. The highest BCUT2D eigenvalue weighted by molar-refractivity contribution is 5.70. The quantitative estimate of drug-likeness (QED) is 0.280. The standard InChI is InChI=1S/C4H8N2/c1-2-3-4-6-5/h2-4H,5H2,1H3/b3-2+,6-4+. The lowest BCUT2D eigenvalue weighted by Crippen LogP contribution is -1.76. The van der Waals surface area contributed by atoms with Gasteiger partial charge in [-0.15, -0.1) is 0 Å². The number of nitrogens with zero attached hydrogens (tertiary/aromatic N) is 1. The maximum absolute atomic E-state index is 4.73. The van der Waals surface area contributed by atoms with Gasteiger partial charge < -0.3 is 5.84 Å². The summed E-state index contributed by atoms with van der Waals surface area (Å²) in [7, 11) is 0. The zero-order valence-corrected chi connectivity index (χ0v) is 3.76. The second-order valence-corrected chi connectivity index (χ2v) is 0.824. The van der Waals surface area contributed by atoms with Gasteiger partial charge in [-0.3, -0.25) is 0 Å². The molecule has 0 saturated carbocycles. The smallest absolute Gasteiger partial charge is 0.0462 e. The number of hydrazone groups is 1. The largest absolute Gasteiger partial charge is 0.323 e. The number of allylic oxidation sites excluding steroid dienone is 2. The summed E-state index contributed by atoms with van der Waals surface area (Å²) < 4.78 is 0. The van der Waals surface area contributed by atoms with Gasteiger partial charge in [-0.25, -0.2) is 0 Å². The Hall–Kier alpha value is -0.790. The fraction of sp³-hybridized carbons (Fsp3) is 0.250. The molecule has 0 unspecified atom stereocenters. The van der Waals surface area contributed by atoms with Crippen molar-refractivity contribution in [3.8, 4) is 0 Å². The lowest BCUT2D eigenvalue weighted by atomic mass is 10.6. The zero-order valence-electron chi connectivity index (χ0n) is 3.76. The lowest BCUT2D eigenvalue weighted by molar-refractivity contribution is 1.27. The molecule has 0 heterocycles. The van der Waals surface area contributed by atoms with Crippen LogP contribution in [0.3, 0.4) is 0 Å². The monoisotopic (exact) mass is 84.1 g/mol. The van der Waals surface area contributed by atoms with Crippen molar-refractivity contribution in [3.05, 3.63) is 12.2 Å². The predicted molar refractivity (Wildman–Crippen MR) is 27.5 cm³/mol. The van der Waals surface area contributed by atoms with E-state index in [0.29, 0.717) is 0 Å². The van der Waals surface area contributed by atoms with Gasteiger partial charge in [0.15, 0.2) is 0 Å². The fourth-order valence-electron chi connectivity index (χ4n) is 0.136. The topological polar surface area (TPSA) is 38.4 Å². The SMILES string of the molecule is C/C=C/C=N/N. The Labute approximate surface area is 37.3 Å². The van der Waals surface area contributed by atoms with Gasteiger partial charge in [0.05, 0.1) is 0 Å². The van der Waals surface area contributed by atoms with Crippen molar-refractivity contribution in [1.29, 1.82) is 0 Å². The molecule has 0 saturated heterocycles. The van der Waals surface area contributed by atoms with Gasteiger partial charge in [0.25, 0.3) is 0 Å². The van der Waals surface area contributed by atoms with Crippen molar-refractivity contribution < 1.29 is 0 Å². The van der Waals surface area contributed by atoms with Crippen LogP contribution in [0.5, 0.6) is 0 Å². The molecular weight excluding hydrogens is 76.1 g/mol. The molecule has 0 aromatic heterocycles. The van der Waals surface area contributed by atoms with E-state index in [1.165, 1.54) is 6.21 Å². The first-order valence-corrected chi connectivity index (χ1v) is 1.76. The third-order valence-corrected chi connectivity index (χ3v) is 0.365. The van der Waals surface area contributed by atoms with Crippen LogP contribution in [0.25, 0.3) is 0 Å². The second-order valence-electron chi connectivity index (χ2n) is 0.824. The summed E-state index contributed by atoms with van der Waals surface area (Å²) in [5.74, 6) is 4.73. The van der Waals surface area contributed by atoms with Gasteiger partial charge in [-0.1, -0.05) is 6.08 Å². The van der Waals surface area contributed by atoms with E-state index in [-0.39, 0.29) is 0 Å². The molecule has 0 bridgehead atoms. The Bertz CT molecular complexity index is 53.9. The van der Waals surface area contributed by atoms with Crippen molar-refractivity contribution in [2.45, 2.75) is 6.92 Å². The maximum atomic E-state index is 4.73. The minimum atomic E-state index is 1.53. The van der Waals surface area contributed by atoms with E-state index in [2.05, 4.69) is 5.10 Å². The second kappa shape index (κ2) is 4.21. The molecule has 0 aromatic rings. The average molecular weight is 84.1 g/mol. The highest BCUT2D eigenvalue weighted by Gasteiger charge is 1.49. The summed E-state index contributed by atoms with van der Waals surface area (Å²) in [5, 5.41) is 3.21. The van der Waals surface area contributed by atoms with Gasteiger partial charge in [0.2, 0.25) is 0 Å². The van der Waals surface area contributed by atoms with Gasteiger partial charge in [0.1, 0.15) is 0 Å². The van der Waals surface area contributed by atoms with Crippen LogP contribution in [-0.2, 0) is 0 Å². The Morgan fingerprint density at radius 2 is 2.33 bits per heavy atom. The van der Waals surface area contributed by atoms with Crippen LogP contribution in [-0.4, -0.2) is 6.21 Å². The first-order valence-electron chi connectivity index (χ1n) is 1.76. The van der Waals surface area contributed by atoms with E-state index in [1.807, 2.05) is 13.0 Å². The summed E-state index contributed by atoms with van der Waals surface area (Å²) in [5.41, 5.74) is 0. The van der Waals surface area contributed by atoms with Crippen molar-refractivity contribution in [1.82, 2.24) is 0 Å². The molecular formula is C4H8N2. The van der Waals surface area contributed by atoms with Gasteiger partial charge in [-0.2, -0.15) is 5.10 Å². The minimum absolute atomic E-state index is 1.53. The summed E-state index contributed by atoms with van der Waals surface area (Å²) in [4.78, 5) is 0. The third-order valence-electron chi connectivity index (χ3n) is 0.365. The molecule has 0 radical (unpaired) electrons. The fourth-order valence-corrected chi connectivity index (χ4v) is 0.136. The van der Waals surface area contributed by atoms with E-state index in [9.17, 15) is 0 Å². The summed E-state index contributed by atoms with van der Waals surface area (Å²) in [6.45, 7) is 1.90. The molecule has 0 aliphatic carbocycles. The molecule has 2 N–H and O–H groups in total. The first kappa shape index (κ1) is 5.21. The summed E-state index contributed by atoms with van der Waals surface area (Å²) >= 11 is 0. The molecule has 0 aliphatic heterocycles. The van der Waals surface area contributed by atoms with Crippen LogP contribution in [0.15, 0.2) is 17.3 Å². The zero-order chi connectivity index (χ0) is 4.83. The van der Waals surface area contributed by atoms with E-state index in [4.69, 9.17) is 5.84 Å². The van der Waals surface area contributed by atoms with Crippen molar-refractivity contribution in [3.63, 3.8) is 0 Å². The lowest BCUT2D eigenvalue weighted by Gasteiger charge is -1.64. The van der Waals surface area contributed by atoms with Crippen LogP contribution in [0.2, 0.25) is 0 Å². The van der Waals surface area contributed by atoms with Crippen molar-refractivity contribution >= 4 is 6.21 Å². The molecule has 0 spiro atoms.